The van der Waals surface area contributed by atoms with Gasteiger partial charge in [-0.2, -0.15) is 0 Å². The van der Waals surface area contributed by atoms with Crippen molar-refractivity contribution in [3.05, 3.63) is 29.3 Å². The minimum absolute atomic E-state index is 0.126. The molecule has 0 aliphatic carbocycles. The number of anilines is 1. The monoisotopic (exact) mass is 358 g/mol. The molecular formula is C16H23ClN2O3S. The number of carbonyl (C=O) groups excluding carboxylic acids is 1. The third-order valence-electron chi connectivity index (χ3n) is 3.92. The van der Waals surface area contributed by atoms with E-state index in [0.29, 0.717) is 36.6 Å². The molecule has 1 heterocycles. The maximum Gasteiger partial charge on any atom is 0.321 e. The van der Waals surface area contributed by atoms with Gasteiger partial charge in [0.25, 0.3) is 0 Å². The van der Waals surface area contributed by atoms with Crippen LogP contribution >= 0.6 is 11.6 Å². The number of benzene rings is 1. The van der Waals surface area contributed by atoms with Crippen LogP contribution in [-0.4, -0.2) is 43.4 Å². The van der Waals surface area contributed by atoms with Crippen molar-refractivity contribution in [1.82, 2.24) is 4.90 Å². The van der Waals surface area contributed by atoms with E-state index in [2.05, 4.69) is 5.32 Å². The largest absolute Gasteiger partial charge is 0.324 e. The Bertz CT molecular complexity index is 653. The number of piperidine rings is 1. The number of likely N-dealkylation sites (tertiary alicyclic amines) is 1. The first-order chi connectivity index (χ1) is 10.8. The Kier molecular flexibility index (Phi) is 5.92. The Labute approximate surface area is 142 Å². The van der Waals surface area contributed by atoms with Crippen molar-refractivity contribution in [2.45, 2.75) is 31.9 Å². The Balaban J connectivity index is 1.92. The fourth-order valence-corrected chi connectivity index (χ4v) is 5.09. The molecule has 1 N–H and O–H groups in total. The summed E-state index contributed by atoms with van der Waals surface area (Å²) in [5, 5.41) is 2.91. The number of para-hydroxylation sites is 1. The smallest absolute Gasteiger partial charge is 0.321 e. The molecular weight excluding hydrogens is 336 g/mol. The van der Waals surface area contributed by atoms with E-state index >= 15 is 0 Å². The van der Waals surface area contributed by atoms with Crippen LogP contribution < -0.4 is 5.32 Å². The normalized spacial score (nSPS) is 16.6. The molecule has 0 radical (unpaired) electrons. The summed E-state index contributed by atoms with van der Waals surface area (Å²) in [4.78, 5) is 13.9. The standard InChI is InChI=1S/C16H23ClN2O3S/c1-12(2)11-23(21,22)13-7-9-19(10-8-13)16(20)18-15-6-4-3-5-14(15)17/h3-6,12-13H,7-11H2,1-2H3,(H,18,20). The maximum absolute atomic E-state index is 12.3. The van der Waals surface area contributed by atoms with Gasteiger partial charge in [-0.1, -0.05) is 37.6 Å². The Morgan fingerprint density at radius 2 is 1.91 bits per heavy atom. The summed E-state index contributed by atoms with van der Waals surface area (Å²) in [6, 6.07) is 6.80. The van der Waals surface area contributed by atoms with Crippen LogP contribution in [0.15, 0.2) is 24.3 Å². The second kappa shape index (κ2) is 7.53. The molecule has 1 aromatic rings. The number of sulfone groups is 1. The average molecular weight is 359 g/mol. The summed E-state index contributed by atoms with van der Waals surface area (Å²) in [5.74, 6) is 0.338. The summed E-state index contributed by atoms with van der Waals surface area (Å²) in [6.45, 7) is 4.70. The molecule has 1 fully saturated rings. The molecule has 2 amide bonds. The number of amides is 2. The third-order valence-corrected chi connectivity index (χ3v) is 6.87. The van der Waals surface area contributed by atoms with Crippen molar-refractivity contribution in [2.24, 2.45) is 5.92 Å². The maximum atomic E-state index is 12.3. The van der Waals surface area contributed by atoms with Crippen LogP contribution in [0.4, 0.5) is 10.5 Å². The highest BCUT2D eigenvalue weighted by Gasteiger charge is 2.31. The van der Waals surface area contributed by atoms with Crippen molar-refractivity contribution in [2.75, 3.05) is 24.2 Å². The fourth-order valence-electron chi connectivity index (χ4n) is 2.78. The van der Waals surface area contributed by atoms with Crippen LogP contribution in [0.3, 0.4) is 0 Å². The van der Waals surface area contributed by atoms with Crippen LogP contribution in [0.5, 0.6) is 0 Å². The first kappa shape index (κ1) is 18.1. The van der Waals surface area contributed by atoms with Gasteiger partial charge in [0.15, 0.2) is 9.84 Å². The number of nitrogens with one attached hydrogen (secondary N) is 1. The van der Waals surface area contributed by atoms with Crippen LogP contribution in [0, 0.1) is 5.92 Å². The highest BCUT2D eigenvalue weighted by molar-refractivity contribution is 7.92. The van der Waals surface area contributed by atoms with Gasteiger partial charge in [-0.3, -0.25) is 0 Å². The number of carbonyl (C=O) groups is 1. The molecule has 0 atom stereocenters. The van der Waals surface area contributed by atoms with Crippen LogP contribution in [0.2, 0.25) is 5.02 Å². The van der Waals surface area contributed by atoms with E-state index in [1.807, 2.05) is 13.8 Å². The van der Waals surface area contributed by atoms with Gasteiger partial charge >= 0.3 is 6.03 Å². The fraction of sp³-hybridized carbons (Fsp3) is 0.562. The first-order valence-electron chi connectivity index (χ1n) is 7.81. The van der Waals surface area contributed by atoms with Crippen molar-refractivity contribution in [3.63, 3.8) is 0 Å². The molecule has 1 aliphatic heterocycles. The Morgan fingerprint density at radius 1 is 1.30 bits per heavy atom. The highest BCUT2D eigenvalue weighted by Crippen LogP contribution is 2.23. The molecule has 23 heavy (non-hydrogen) atoms. The lowest BCUT2D eigenvalue weighted by Crippen LogP contribution is -2.45. The summed E-state index contributed by atoms with van der Waals surface area (Å²) in [7, 11) is -3.08. The summed E-state index contributed by atoms with van der Waals surface area (Å²) >= 11 is 6.03. The second-order valence-corrected chi connectivity index (χ2v) is 9.05. The van der Waals surface area contributed by atoms with Crippen molar-refractivity contribution in [3.8, 4) is 0 Å². The number of rotatable bonds is 4. The zero-order valence-electron chi connectivity index (χ0n) is 13.5. The lowest BCUT2D eigenvalue weighted by molar-refractivity contribution is 0.200. The van der Waals surface area contributed by atoms with Gasteiger partial charge in [-0.15, -0.1) is 0 Å². The minimum atomic E-state index is -3.08. The van der Waals surface area contributed by atoms with E-state index in [-0.39, 0.29) is 23.0 Å². The Hall–Kier alpha value is -1.27. The van der Waals surface area contributed by atoms with Gasteiger partial charge in [0.05, 0.1) is 21.7 Å². The molecule has 0 saturated carbocycles. The molecule has 1 aliphatic rings. The van der Waals surface area contributed by atoms with Crippen LogP contribution in [-0.2, 0) is 9.84 Å². The molecule has 0 bridgehead atoms. The molecule has 7 heteroatoms. The zero-order chi connectivity index (χ0) is 17.0. The average Bonchev–Trinajstić information content (AvgIpc) is 2.48. The summed E-state index contributed by atoms with van der Waals surface area (Å²) in [5.41, 5.74) is 0.564. The zero-order valence-corrected chi connectivity index (χ0v) is 15.0. The number of halogens is 1. The SMILES string of the molecule is CC(C)CS(=O)(=O)C1CCN(C(=O)Nc2ccccc2Cl)CC1. The van der Waals surface area contributed by atoms with E-state index in [4.69, 9.17) is 11.6 Å². The number of hydrogen-bond acceptors (Lipinski definition) is 3. The topological polar surface area (TPSA) is 66.5 Å². The predicted octanol–water partition coefficient (Wildman–Crippen LogP) is 3.41. The number of urea groups is 1. The molecule has 0 unspecified atom stereocenters. The van der Waals surface area contributed by atoms with Crippen molar-refractivity contribution >= 4 is 33.2 Å². The van der Waals surface area contributed by atoms with Gasteiger partial charge in [-0.25, -0.2) is 13.2 Å². The van der Waals surface area contributed by atoms with Crippen LogP contribution in [0.1, 0.15) is 26.7 Å². The minimum Gasteiger partial charge on any atom is -0.324 e. The lowest BCUT2D eigenvalue weighted by atomic mass is 10.1. The summed E-state index contributed by atoms with van der Waals surface area (Å²) in [6.07, 6.45) is 0.982. The van der Waals surface area contributed by atoms with E-state index < -0.39 is 9.84 Å². The first-order valence-corrected chi connectivity index (χ1v) is 9.91. The molecule has 2 rings (SSSR count). The molecule has 0 aromatic heterocycles. The second-order valence-electron chi connectivity index (χ2n) is 6.32. The van der Waals surface area contributed by atoms with E-state index in [0.717, 1.165) is 0 Å². The van der Waals surface area contributed by atoms with Gasteiger partial charge in [0.2, 0.25) is 0 Å². The van der Waals surface area contributed by atoms with Gasteiger partial charge in [0.1, 0.15) is 0 Å². The third kappa shape index (κ3) is 4.85. The van der Waals surface area contributed by atoms with Gasteiger partial charge in [0, 0.05) is 13.1 Å². The molecule has 5 nitrogen and oxygen atoms in total. The van der Waals surface area contributed by atoms with Gasteiger partial charge in [-0.05, 0) is 30.9 Å². The summed E-state index contributed by atoms with van der Waals surface area (Å²) < 4.78 is 24.5. The van der Waals surface area contributed by atoms with Crippen molar-refractivity contribution < 1.29 is 13.2 Å². The molecule has 1 saturated heterocycles. The molecule has 128 valence electrons. The number of hydrogen-bond donors (Lipinski definition) is 1. The highest BCUT2D eigenvalue weighted by atomic mass is 35.5. The molecule has 1 aromatic carbocycles. The number of nitrogens with zero attached hydrogens (tertiary/aromatic N) is 1. The van der Waals surface area contributed by atoms with Crippen molar-refractivity contribution in [1.29, 1.82) is 0 Å². The van der Waals surface area contributed by atoms with E-state index in [9.17, 15) is 13.2 Å². The molecule has 0 spiro atoms. The Morgan fingerprint density at radius 3 is 2.48 bits per heavy atom. The predicted molar refractivity (Wildman–Crippen MR) is 93.7 cm³/mol. The quantitative estimate of drug-likeness (QED) is 0.896. The van der Waals surface area contributed by atoms with E-state index in [1.54, 1.807) is 29.2 Å². The van der Waals surface area contributed by atoms with Gasteiger partial charge < -0.3 is 10.2 Å². The van der Waals surface area contributed by atoms with Crippen LogP contribution in [0.25, 0.3) is 0 Å². The lowest BCUT2D eigenvalue weighted by Gasteiger charge is -2.32. The van der Waals surface area contributed by atoms with E-state index in [1.165, 1.54) is 0 Å².